The van der Waals surface area contributed by atoms with Gasteiger partial charge in [-0.1, -0.05) is 13.3 Å². The number of hydrogen-bond acceptors (Lipinski definition) is 7. The summed E-state index contributed by atoms with van der Waals surface area (Å²) in [7, 11) is -2.37. The Morgan fingerprint density at radius 3 is 2.24 bits per heavy atom. The van der Waals surface area contributed by atoms with Gasteiger partial charge in [-0.15, -0.1) is 0 Å². The fraction of sp³-hybridized carbons (Fsp3) is 0.710. The zero-order valence-corrected chi connectivity index (χ0v) is 25.8. The summed E-state index contributed by atoms with van der Waals surface area (Å²) >= 11 is 0. The summed E-state index contributed by atoms with van der Waals surface area (Å²) in [5.41, 5.74) is -0.555. The summed E-state index contributed by atoms with van der Waals surface area (Å²) in [6.07, 6.45) is 8.60. The van der Waals surface area contributed by atoms with Crippen LogP contribution < -0.4 is 20.1 Å². The average molecular weight is 605 g/mol. The number of nitrogens with one attached hydrogen (secondary N) is 2. The molecule has 5 rings (SSSR count). The lowest BCUT2D eigenvalue weighted by Gasteiger charge is -2.39. The summed E-state index contributed by atoms with van der Waals surface area (Å²) in [6.45, 7) is 4.55. The molecule has 0 spiro atoms. The van der Waals surface area contributed by atoms with Crippen molar-refractivity contribution >= 4 is 27.6 Å². The maximum Gasteiger partial charge on any atom is 0.309 e. The third kappa shape index (κ3) is 5.98. The Labute approximate surface area is 248 Å². The normalized spacial score (nSPS) is 31.6. The SMILES string of the molecule is COc1cc(S(C)(=O)=O)c(OC2CCC(C)(C(=O)O)CC2)cc1C(=O)N[C@@H]1[C@H]2CC[C@H](C2)[C@@H]1C(=O)NCC1(C)CCC1. The molecule has 4 aliphatic carbocycles. The van der Waals surface area contributed by atoms with Crippen LogP contribution in [0.3, 0.4) is 0 Å². The van der Waals surface area contributed by atoms with Crippen LogP contribution in [0.25, 0.3) is 0 Å². The van der Waals surface area contributed by atoms with Gasteiger partial charge in [0, 0.05) is 24.9 Å². The number of rotatable bonds is 10. The second-order valence-electron chi connectivity index (χ2n) is 13.7. The number of hydrogen-bond donors (Lipinski definition) is 3. The number of fused-ring (bicyclic) bond motifs is 2. The van der Waals surface area contributed by atoms with Gasteiger partial charge in [0.05, 0.1) is 30.1 Å². The molecule has 0 saturated heterocycles. The Morgan fingerprint density at radius 2 is 1.67 bits per heavy atom. The Hall–Kier alpha value is -2.82. The molecule has 2 bridgehead atoms. The molecule has 10 nitrogen and oxygen atoms in total. The predicted molar refractivity (Wildman–Crippen MR) is 155 cm³/mol. The minimum absolute atomic E-state index is 0.00491. The van der Waals surface area contributed by atoms with Crippen LogP contribution in [0.15, 0.2) is 17.0 Å². The minimum atomic E-state index is -3.74. The molecule has 42 heavy (non-hydrogen) atoms. The first kappa shape index (κ1) is 30.6. The van der Waals surface area contributed by atoms with Crippen molar-refractivity contribution in [2.24, 2.45) is 28.6 Å². The summed E-state index contributed by atoms with van der Waals surface area (Å²) in [4.78, 5) is 38.7. The van der Waals surface area contributed by atoms with E-state index >= 15 is 0 Å². The van der Waals surface area contributed by atoms with E-state index in [1.165, 1.54) is 25.7 Å². The number of carboxylic acid groups (broad SMARTS) is 1. The molecule has 4 saturated carbocycles. The number of amides is 2. The number of sulfone groups is 1. The highest BCUT2D eigenvalue weighted by Crippen LogP contribution is 2.49. The Morgan fingerprint density at radius 1 is 1.00 bits per heavy atom. The minimum Gasteiger partial charge on any atom is -0.496 e. The first-order chi connectivity index (χ1) is 19.7. The molecule has 4 atom stereocenters. The molecule has 1 aromatic carbocycles. The van der Waals surface area contributed by atoms with E-state index in [4.69, 9.17) is 9.47 Å². The molecular weight excluding hydrogens is 560 g/mol. The van der Waals surface area contributed by atoms with Gasteiger partial charge in [-0.25, -0.2) is 8.42 Å². The number of carbonyl (C=O) groups is 3. The van der Waals surface area contributed by atoms with Crippen molar-refractivity contribution in [2.75, 3.05) is 19.9 Å². The van der Waals surface area contributed by atoms with E-state index in [2.05, 4.69) is 17.6 Å². The van der Waals surface area contributed by atoms with E-state index in [0.29, 0.717) is 32.2 Å². The molecule has 2 amide bonds. The maximum atomic E-state index is 13.8. The van der Waals surface area contributed by atoms with Gasteiger partial charge in [0.1, 0.15) is 16.4 Å². The second kappa shape index (κ2) is 11.4. The number of carboxylic acids is 1. The molecule has 0 aromatic heterocycles. The van der Waals surface area contributed by atoms with Crippen LogP contribution in [0.2, 0.25) is 0 Å². The molecule has 0 unspecified atom stereocenters. The van der Waals surface area contributed by atoms with Gasteiger partial charge < -0.3 is 25.2 Å². The average Bonchev–Trinajstić information content (AvgIpc) is 3.53. The van der Waals surface area contributed by atoms with Crippen LogP contribution in [0.1, 0.15) is 88.4 Å². The Bertz CT molecular complexity index is 1350. The molecule has 0 radical (unpaired) electrons. The smallest absolute Gasteiger partial charge is 0.309 e. The van der Waals surface area contributed by atoms with E-state index in [1.54, 1.807) is 6.92 Å². The van der Waals surface area contributed by atoms with Gasteiger partial charge in [-0.2, -0.15) is 0 Å². The van der Waals surface area contributed by atoms with Crippen molar-refractivity contribution in [3.05, 3.63) is 17.7 Å². The molecule has 232 valence electrons. The number of ether oxygens (including phenoxy) is 2. The van der Waals surface area contributed by atoms with E-state index in [9.17, 15) is 27.9 Å². The molecule has 0 aliphatic heterocycles. The van der Waals surface area contributed by atoms with Crippen molar-refractivity contribution < 1.29 is 37.4 Å². The van der Waals surface area contributed by atoms with E-state index in [0.717, 1.165) is 38.4 Å². The summed E-state index contributed by atoms with van der Waals surface area (Å²) in [6, 6.07) is 2.41. The van der Waals surface area contributed by atoms with Crippen molar-refractivity contribution in [2.45, 2.75) is 95.1 Å². The summed E-state index contributed by atoms with van der Waals surface area (Å²) in [5.74, 6) is -1.03. The van der Waals surface area contributed by atoms with Crippen LogP contribution in [-0.4, -0.2) is 63.4 Å². The Kier molecular flexibility index (Phi) is 8.28. The van der Waals surface area contributed by atoms with Crippen LogP contribution in [0.4, 0.5) is 0 Å². The van der Waals surface area contributed by atoms with Crippen molar-refractivity contribution in [1.29, 1.82) is 0 Å². The molecule has 4 fully saturated rings. The Balaban J connectivity index is 1.36. The quantitative estimate of drug-likeness (QED) is 0.364. The van der Waals surface area contributed by atoms with Gasteiger partial charge in [0.25, 0.3) is 5.91 Å². The molecule has 11 heteroatoms. The van der Waals surface area contributed by atoms with Crippen molar-refractivity contribution in [3.63, 3.8) is 0 Å². The lowest BCUT2D eigenvalue weighted by atomic mass is 9.70. The van der Waals surface area contributed by atoms with E-state index < -0.39 is 33.2 Å². The number of methoxy groups -OCH3 is 1. The van der Waals surface area contributed by atoms with E-state index in [1.807, 2.05) is 0 Å². The molecule has 3 N–H and O–H groups in total. The number of carbonyl (C=O) groups excluding carboxylic acids is 2. The third-order valence-corrected chi connectivity index (χ3v) is 11.6. The topological polar surface area (TPSA) is 148 Å². The van der Waals surface area contributed by atoms with Crippen LogP contribution >= 0.6 is 0 Å². The summed E-state index contributed by atoms with van der Waals surface area (Å²) < 4.78 is 37.1. The zero-order valence-electron chi connectivity index (χ0n) is 25.0. The first-order valence-electron chi connectivity index (χ1n) is 15.1. The fourth-order valence-electron chi connectivity index (χ4n) is 7.49. The zero-order chi connectivity index (χ0) is 30.4. The maximum absolute atomic E-state index is 13.8. The molecule has 1 aromatic rings. The molecule has 4 aliphatic rings. The lowest BCUT2D eigenvalue weighted by Crippen LogP contribution is -2.51. The van der Waals surface area contributed by atoms with Crippen LogP contribution in [-0.2, 0) is 19.4 Å². The highest BCUT2D eigenvalue weighted by atomic mass is 32.2. The highest BCUT2D eigenvalue weighted by molar-refractivity contribution is 7.90. The highest BCUT2D eigenvalue weighted by Gasteiger charge is 2.52. The lowest BCUT2D eigenvalue weighted by molar-refractivity contribution is -0.150. The molecule has 0 heterocycles. The first-order valence-corrected chi connectivity index (χ1v) is 17.0. The van der Waals surface area contributed by atoms with Gasteiger partial charge in [0.2, 0.25) is 5.91 Å². The predicted octanol–water partition coefficient (Wildman–Crippen LogP) is 3.96. The van der Waals surface area contributed by atoms with Gasteiger partial charge in [-0.05, 0) is 88.0 Å². The molecular formula is C31H44N2O8S. The van der Waals surface area contributed by atoms with Crippen LogP contribution in [0.5, 0.6) is 11.5 Å². The number of benzene rings is 1. The third-order valence-electron chi connectivity index (χ3n) is 10.5. The van der Waals surface area contributed by atoms with E-state index in [-0.39, 0.29) is 57.1 Å². The van der Waals surface area contributed by atoms with Gasteiger partial charge in [0.15, 0.2) is 9.84 Å². The van der Waals surface area contributed by atoms with Gasteiger partial charge >= 0.3 is 5.97 Å². The second-order valence-corrected chi connectivity index (χ2v) is 15.7. The number of aliphatic carboxylic acids is 1. The standard InChI is InChI=1S/C31H44N2O8S/c1-30(10-5-11-30)17-32-28(35)25-18-6-7-19(14-18)26(25)33-27(34)21-15-23(24(42(4,38)39)16-22(21)40-3)41-20-8-12-31(2,13-9-20)29(36)37/h15-16,18-20,25-26H,5-14,17H2,1-4H3,(H,32,35)(H,33,34)(H,36,37)/t18-,19+,20?,25+,26-,31?/m1/s1. The van der Waals surface area contributed by atoms with Crippen molar-refractivity contribution in [1.82, 2.24) is 10.6 Å². The fourth-order valence-corrected chi connectivity index (χ4v) is 8.28. The monoisotopic (exact) mass is 604 g/mol. The van der Waals surface area contributed by atoms with Gasteiger partial charge in [-0.3, -0.25) is 14.4 Å². The van der Waals surface area contributed by atoms with Crippen molar-refractivity contribution in [3.8, 4) is 11.5 Å². The van der Waals surface area contributed by atoms with Crippen LogP contribution in [0, 0.1) is 28.6 Å². The largest absolute Gasteiger partial charge is 0.496 e. The summed E-state index contributed by atoms with van der Waals surface area (Å²) in [5, 5.41) is 15.9.